The summed E-state index contributed by atoms with van der Waals surface area (Å²) >= 11 is 0. The number of benzene rings is 2. The third-order valence-corrected chi connectivity index (χ3v) is 4.97. The van der Waals surface area contributed by atoms with Crippen LogP contribution in [0.2, 0.25) is 0 Å². The summed E-state index contributed by atoms with van der Waals surface area (Å²) in [4.78, 5) is 0. The number of unbranched alkanes of at least 4 members (excludes halogenated alkanes) is 5. The van der Waals surface area contributed by atoms with E-state index in [9.17, 15) is 8.78 Å². The molecule has 2 rings (SSSR count). The summed E-state index contributed by atoms with van der Waals surface area (Å²) in [5.41, 5.74) is 2.45. The molecular formula is C29H32F2O. The highest BCUT2D eigenvalue weighted by Gasteiger charge is 2.00. The summed E-state index contributed by atoms with van der Waals surface area (Å²) in [5, 5.41) is 0. The van der Waals surface area contributed by atoms with Crippen LogP contribution < -0.4 is 4.74 Å². The fourth-order valence-corrected chi connectivity index (χ4v) is 3.05. The largest absolute Gasteiger partial charge is 0.494 e. The molecule has 32 heavy (non-hydrogen) atoms. The van der Waals surface area contributed by atoms with Crippen molar-refractivity contribution in [1.82, 2.24) is 0 Å². The van der Waals surface area contributed by atoms with Crippen molar-refractivity contribution in [2.45, 2.75) is 65.2 Å². The molecule has 0 amide bonds. The normalized spacial score (nSPS) is 11.0. The predicted octanol–water partition coefficient (Wildman–Crippen LogP) is 7.93. The Balaban J connectivity index is 1.90. The van der Waals surface area contributed by atoms with Crippen LogP contribution in [0.5, 0.6) is 5.75 Å². The standard InChI is InChI=1S/C29H32F2O/c1-3-5-7-9-23-32-27-19-15-26(16-20-27)18-22-29(31)28(30)21-17-25-13-11-24(12-14-25)10-8-6-4-2/h11-16,19-20H,3-10,23H2,1-2H3. The summed E-state index contributed by atoms with van der Waals surface area (Å²) in [7, 11) is 0. The minimum absolute atomic E-state index is 0.581. The van der Waals surface area contributed by atoms with Gasteiger partial charge in [0, 0.05) is 11.1 Å². The molecule has 0 aromatic heterocycles. The van der Waals surface area contributed by atoms with E-state index in [-0.39, 0.29) is 0 Å². The summed E-state index contributed by atoms with van der Waals surface area (Å²) < 4.78 is 33.6. The monoisotopic (exact) mass is 434 g/mol. The van der Waals surface area contributed by atoms with E-state index in [4.69, 9.17) is 4.74 Å². The van der Waals surface area contributed by atoms with Crippen molar-refractivity contribution in [2.75, 3.05) is 6.61 Å². The van der Waals surface area contributed by atoms with Gasteiger partial charge < -0.3 is 4.74 Å². The van der Waals surface area contributed by atoms with Crippen molar-refractivity contribution in [1.29, 1.82) is 0 Å². The summed E-state index contributed by atoms with van der Waals surface area (Å²) in [6.07, 6.45) is 9.14. The number of hydrogen-bond donors (Lipinski definition) is 0. The summed E-state index contributed by atoms with van der Waals surface area (Å²) in [6.45, 7) is 5.02. The molecule has 0 unspecified atom stereocenters. The Bertz CT molecular complexity index is 964. The first-order valence-electron chi connectivity index (χ1n) is 11.5. The van der Waals surface area contributed by atoms with Crippen LogP contribution in [-0.4, -0.2) is 6.61 Å². The second kappa shape index (κ2) is 14.9. The van der Waals surface area contributed by atoms with Crippen LogP contribution in [0.25, 0.3) is 0 Å². The number of rotatable bonds is 10. The molecule has 0 saturated heterocycles. The van der Waals surface area contributed by atoms with Gasteiger partial charge in [0.15, 0.2) is 0 Å². The van der Waals surface area contributed by atoms with Crippen molar-refractivity contribution in [3.05, 3.63) is 76.9 Å². The van der Waals surface area contributed by atoms with Gasteiger partial charge in [0.1, 0.15) is 5.75 Å². The second-order valence-electron chi connectivity index (χ2n) is 7.72. The lowest BCUT2D eigenvalue weighted by atomic mass is 10.1. The van der Waals surface area contributed by atoms with Crippen LogP contribution in [0.1, 0.15) is 75.5 Å². The molecule has 0 radical (unpaired) electrons. The van der Waals surface area contributed by atoms with Crippen LogP contribution in [-0.2, 0) is 6.42 Å². The SMILES string of the molecule is CCCCCCOc1ccc(C#CC(F)=C(F)C#Cc2ccc(CCCCC)cc2)cc1. The molecule has 0 aliphatic carbocycles. The number of ether oxygens (including phenoxy) is 1. The molecular weight excluding hydrogens is 402 g/mol. The first-order valence-corrected chi connectivity index (χ1v) is 11.5. The molecule has 0 bridgehead atoms. The van der Waals surface area contributed by atoms with E-state index >= 15 is 0 Å². The molecule has 1 nitrogen and oxygen atoms in total. The first-order chi connectivity index (χ1) is 15.6. The van der Waals surface area contributed by atoms with Crippen LogP contribution in [0.15, 0.2) is 60.2 Å². The third kappa shape index (κ3) is 9.84. The highest BCUT2D eigenvalue weighted by molar-refractivity contribution is 5.46. The van der Waals surface area contributed by atoms with Crippen molar-refractivity contribution >= 4 is 0 Å². The van der Waals surface area contributed by atoms with Gasteiger partial charge >= 0.3 is 0 Å². The lowest BCUT2D eigenvalue weighted by Crippen LogP contribution is -1.96. The Hall–Kier alpha value is -3.04. The van der Waals surface area contributed by atoms with E-state index < -0.39 is 11.7 Å². The second-order valence-corrected chi connectivity index (χ2v) is 7.72. The van der Waals surface area contributed by atoms with Gasteiger partial charge in [0.25, 0.3) is 0 Å². The quantitative estimate of drug-likeness (QED) is 0.272. The van der Waals surface area contributed by atoms with Crippen molar-refractivity contribution in [3.8, 4) is 29.4 Å². The fraction of sp³-hybridized carbons (Fsp3) is 0.379. The zero-order valence-corrected chi connectivity index (χ0v) is 19.1. The first kappa shape index (κ1) is 25.2. The lowest BCUT2D eigenvalue weighted by molar-refractivity contribution is 0.305. The highest BCUT2D eigenvalue weighted by Crippen LogP contribution is 2.14. The van der Waals surface area contributed by atoms with Crippen LogP contribution in [0, 0.1) is 23.7 Å². The van der Waals surface area contributed by atoms with Gasteiger partial charge in [-0.1, -0.05) is 69.9 Å². The topological polar surface area (TPSA) is 9.23 Å². The maximum Gasteiger partial charge on any atom is 0.217 e. The molecule has 0 saturated carbocycles. The van der Waals surface area contributed by atoms with Crippen molar-refractivity contribution in [3.63, 3.8) is 0 Å². The maximum absolute atomic E-state index is 14.0. The van der Waals surface area contributed by atoms with Gasteiger partial charge in [-0.05, 0) is 73.1 Å². The molecule has 168 valence electrons. The fourth-order valence-electron chi connectivity index (χ4n) is 3.05. The molecule has 0 atom stereocenters. The van der Waals surface area contributed by atoms with Gasteiger partial charge in [-0.2, -0.15) is 8.78 Å². The molecule has 0 N–H and O–H groups in total. The van der Waals surface area contributed by atoms with E-state index in [0.717, 1.165) is 31.4 Å². The third-order valence-electron chi connectivity index (χ3n) is 4.97. The molecule has 0 aliphatic rings. The number of halogens is 2. The zero-order chi connectivity index (χ0) is 23.0. The predicted molar refractivity (Wildman–Crippen MR) is 129 cm³/mol. The molecule has 3 heteroatoms. The van der Waals surface area contributed by atoms with Gasteiger partial charge in [0.2, 0.25) is 11.7 Å². The van der Waals surface area contributed by atoms with Gasteiger partial charge in [-0.3, -0.25) is 0 Å². The lowest BCUT2D eigenvalue weighted by Gasteiger charge is -2.05. The zero-order valence-electron chi connectivity index (χ0n) is 19.1. The Morgan fingerprint density at radius 3 is 1.78 bits per heavy atom. The van der Waals surface area contributed by atoms with Crippen LogP contribution in [0.4, 0.5) is 8.78 Å². The van der Waals surface area contributed by atoms with Crippen LogP contribution >= 0.6 is 0 Å². The van der Waals surface area contributed by atoms with E-state index in [1.807, 2.05) is 24.3 Å². The number of allylic oxidation sites excluding steroid dienone is 2. The molecule has 2 aromatic carbocycles. The maximum atomic E-state index is 14.0. The summed E-state index contributed by atoms with van der Waals surface area (Å²) in [6, 6.07) is 14.7. The Morgan fingerprint density at radius 2 is 1.22 bits per heavy atom. The number of aryl methyl sites for hydroxylation is 1. The molecule has 2 aromatic rings. The molecule has 0 spiro atoms. The van der Waals surface area contributed by atoms with E-state index in [2.05, 4.69) is 37.5 Å². The smallest absolute Gasteiger partial charge is 0.217 e. The average Bonchev–Trinajstić information content (AvgIpc) is 2.82. The van der Waals surface area contributed by atoms with Gasteiger partial charge in [-0.15, -0.1) is 0 Å². The number of hydrogen-bond acceptors (Lipinski definition) is 1. The Labute approximate surface area is 191 Å². The highest BCUT2D eigenvalue weighted by atomic mass is 19.2. The minimum Gasteiger partial charge on any atom is -0.494 e. The van der Waals surface area contributed by atoms with Crippen molar-refractivity contribution < 1.29 is 13.5 Å². The minimum atomic E-state index is -1.16. The van der Waals surface area contributed by atoms with Gasteiger partial charge in [-0.25, -0.2) is 0 Å². The molecule has 0 heterocycles. The average molecular weight is 435 g/mol. The molecule has 0 aliphatic heterocycles. The van der Waals surface area contributed by atoms with Gasteiger partial charge in [0.05, 0.1) is 6.61 Å². The van der Waals surface area contributed by atoms with E-state index in [1.54, 1.807) is 24.3 Å². The van der Waals surface area contributed by atoms with Crippen LogP contribution in [0.3, 0.4) is 0 Å². The molecule has 0 fully saturated rings. The Kier molecular flexibility index (Phi) is 11.7. The summed E-state index contributed by atoms with van der Waals surface area (Å²) in [5.74, 6) is 8.12. The van der Waals surface area contributed by atoms with Crippen molar-refractivity contribution in [2.24, 2.45) is 0 Å². The van der Waals surface area contributed by atoms with E-state index in [0.29, 0.717) is 17.7 Å². The Morgan fingerprint density at radius 1 is 0.688 bits per heavy atom. The van der Waals surface area contributed by atoms with E-state index in [1.165, 1.54) is 31.2 Å².